The Balaban J connectivity index is 1.74. The largest absolute Gasteiger partial charge is 0.418 e. The Labute approximate surface area is 180 Å². The summed E-state index contributed by atoms with van der Waals surface area (Å²) in [5.41, 5.74) is -2.70. The van der Waals surface area contributed by atoms with Crippen molar-refractivity contribution in [3.63, 3.8) is 0 Å². The number of hydrogen-bond donors (Lipinski definition) is 1. The van der Waals surface area contributed by atoms with Gasteiger partial charge >= 0.3 is 6.18 Å². The molecule has 0 fully saturated rings. The molecule has 0 unspecified atom stereocenters. The van der Waals surface area contributed by atoms with E-state index in [1.165, 1.54) is 19.1 Å². The van der Waals surface area contributed by atoms with Crippen molar-refractivity contribution in [2.24, 2.45) is 0 Å². The number of amides is 1. The third-order valence-electron chi connectivity index (χ3n) is 4.41. The molecule has 2 aromatic carbocycles. The Morgan fingerprint density at radius 3 is 2.50 bits per heavy atom. The summed E-state index contributed by atoms with van der Waals surface area (Å²) in [4.78, 5) is 28.9. The van der Waals surface area contributed by atoms with Crippen LogP contribution in [0.15, 0.2) is 47.3 Å². The Hall–Kier alpha value is -3.67. The van der Waals surface area contributed by atoms with Gasteiger partial charge in [0.1, 0.15) is 0 Å². The molecule has 164 valence electrons. The van der Waals surface area contributed by atoms with Crippen molar-refractivity contribution in [1.29, 1.82) is 0 Å². The van der Waals surface area contributed by atoms with Gasteiger partial charge in [-0.3, -0.25) is 14.9 Å². The summed E-state index contributed by atoms with van der Waals surface area (Å²) in [6.45, 7) is 1.37. The van der Waals surface area contributed by atoms with E-state index in [2.05, 4.69) is 15.4 Å². The number of nitrogens with one attached hydrogen (secondary N) is 1. The summed E-state index contributed by atoms with van der Waals surface area (Å²) in [6, 6.07) is 7.32. The van der Waals surface area contributed by atoms with E-state index in [9.17, 15) is 31.5 Å². The van der Waals surface area contributed by atoms with Gasteiger partial charge in [0.2, 0.25) is 5.43 Å². The summed E-state index contributed by atoms with van der Waals surface area (Å²) < 4.78 is 68.1. The van der Waals surface area contributed by atoms with E-state index in [-0.39, 0.29) is 26.7 Å². The number of alkyl halides is 3. The lowest BCUT2D eigenvalue weighted by atomic mass is 10.1. The third-order valence-corrected chi connectivity index (χ3v) is 5.34. The van der Waals surface area contributed by atoms with Gasteiger partial charge in [0, 0.05) is 17.8 Å². The van der Waals surface area contributed by atoms with Crippen molar-refractivity contribution in [2.45, 2.75) is 13.1 Å². The lowest BCUT2D eigenvalue weighted by molar-refractivity contribution is -0.137. The molecule has 0 aliphatic rings. The van der Waals surface area contributed by atoms with Crippen molar-refractivity contribution in [3.05, 3.63) is 81.3 Å². The van der Waals surface area contributed by atoms with Crippen LogP contribution in [0.3, 0.4) is 0 Å². The highest BCUT2D eigenvalue weighted by molar-refractivity contribution is 7.22. The number of thiazole rings is 1. The van der Waals surface area contributed by atoms with Gasteiger partial charge < -0.3 is 0 Å². The monoisotopic (exact) mass is 466 g/mol. The van der Waals surface area contributed by atoms with E-state index in [1.807, 2.05) is 0 Å². The standard InChI is InChI=1S/C20H11F5N4O2S/c1-9-6-15(30)17(28-29(9)14-5-3-2-4-10(14)20(23,24)25)18(31)27-19-26-13-7-11(21)12(22)8-16(13)32-19/h2-8H,1H3,(H,26,27,31). The molecule has 0 spiro atoms. The minimum Gasteiger partial charge on any atom is -0.296 e. The zero-order valence-corrected chi connectivity index (χ0v) is 16.8. The molecular formula is C20H11F5N4O2S. The fourth-order valence-corrected chi connectivity index (χ4v) is 3.85. The van der Waals surface area contributed by atoms with Crippen LogP contribution in [0.1, 0.15) is 21.7 Å². The summed E-state index contributed by atoms with van der Waals surface area (Å²) >= 11 is 0.823. The van der Waals surface area contributed by atoms with Crippen LogP contribution in [0.2, 0.25) is 0 Å². The Morgan fingerprint density at radius 2 is 1.78 bits per heavy atom. The van der Waals surface area contributed by atoms with Gasteiger partial charge in [-0.05, 0) is 25.1 Å². The average Bonchev–Trinajstić information content (AvgIpc) is 3.08. The molecule has 0 atom stereocenters. The number of aryl methyl sites for hydroxylation is 1. The molecule has 1 amide bonds. The van der Waals surface area contributed by atoms with Crippen molar-refractivity contribution in [1.82, 2.24) is 14.8 Å². The van der Waals surface area contributed by atoms with Crippen LogP contribution in [0.4, 0.5) is 27.1 Å². The first-order valence-electron chi connectivity index (χ1n) is 8.89. The van der Waals surface area contributed by atoms with E-state index in [1.54, 1.807) is 0 Å². The SMILES string of the molecule is Cc1cc(=O)c(C(=O)Nc2nc3cc(F)c(F)cc3s2)nn1-c1ccccc1C(F)(F)F. The Morgan fingerprint density at radius 1 is 1.09 bits per heavy atom. The molecule has 0 saturated carbocycles. The predicted molar refractivity (Wildman–Crippen MR) is 107 cm³/mol. The molecule has 0 bridgehead atoms. The minimum atomic E-state index is -4.69. The van der Waals surface area contributed by atoms with Gasteiger partial charge in [0.05, 0.1) is 21.5 Å². The number of aromatic nitrogens is 3. The van der Waals surface area contributed by atoms with Crippen LogP contribution in [0.5, 0.6) is 0 Å². The maximum Gasteiger partial charge on any atom is 0.418 e. The van der Waals surface area contributed by atoms with Gasteiger partial charge in [-0.25, -0.2) is 18.4 Å². The molecule has 12 heteroatoms. The lowest BCUT2D eigenvalue weighted by Crippen LogP contribution is -2.27. The van der Waals surface area contributed by atoms with Crippen molar-refractivity contribution >= 4 is 32.6 Å². The summed E-state index contributed by atoms with van der Waals surface area (Å²) in [5, 5.41) is 6.07. The first-order chi connectivity index (χ1) is 15.0. The summed E-state index contributed by atoms with van der Waals surface area (Å²) in [5.74, 6) is -3.24. The second kappa shape index (κ2) is 7.79. The Bertz CT molecular complexity index is 1390. The minimum absolute atomic E-state index is 0.0704. The van der Waals surface area contributed by atoms with Gasteiger partial charge in [-0.1, -0.05) is 23.5 Å². The van der Waals surface area contributed by atoms with Crippen molar-refractivity contribution in [2.75, 3.05) is 5.32 Å². The average molecular weight is 466 g/mol. The number of anilines is 1. The number of carbonyl (C=O) groups is 1. The van der Waals surface area contributed by atoms with Crippen molar-refractivity contribution in [3.8, 4) is 5.69 Å². The van der Waals surface area contributed by atoms with Crippen LogP contribution in [-0.2, 0) is 6.18 Å². The molecule has 2 aromatic heterocycles. The Kier molecular flexibility index (Phi) is 5.25. The van der Waals surface area contributed by atoms with Gasteiger partial charge in [-0.15, -0.1) is 0 Å². The van der Waals surface area contributed by atoms with Crippen LogP contribution < -0.4 is 10.7 Å². The molecule has 0 radical (unpaired) electrons. The molecule has 4 rings (SSSR count). The molecule has 6 nitrogen and oxygen atoms in total. The quantitative estimate of drug-likeness (QED) is 0.444. The number of carbonyl (C=O) groups excluding carboxylic acids is 1. The lowest BCUT2D eigenvalue weighted by Gasteiger charge is -2.16. The number of halogens is 5. The first kappa shape index (κ1) is 21.6. The number of fused-ring (bicyclic) bond motifs is 1. The van der Waals surface area contributed by atoms with E-state index < -0.39 is 40.4 Å². The van der Waals surface area contributed by atoms with Crippen LogP contribution in [0.25, 0.3) is 15.9 Å². The molecule has 2 heterocycles. The maximum atomic E-state index is 13.4. The van der Waals surface area contributed by atoms with Crippen LogP contribution >= 0.6 is 11.3 Å². The molecule has 0 aliphatic heterocycles. The molecular weight excluding hydrogens is 455 g/mol. The maximum absolute atomic E-state index is 13.4. The highest BCUT2D eigenvalue weighted by Crippen LogP contribution is 2.33. The van der Waals surface area contributed by atoms with E-state index >= 15 is 0 Å². The number of benzene rings is 2. The predicted octanol–water partition coefficient (Wildman–Crippen LogP) is 4.70. The summed E-state index contributed by atoms with van der Waals surface area (Å²) in [7, 11) is 0. The normalized spacial score (nSPS) is 11.7. The molecule has 0 saturated heterocycles. The number of rotatable bonds is 3. The highest BCUT2D eigenvalue weighted by atomic mass is 32.1. The second-order valence-electron chi connectivity index (χ2n) is 6.63. The fourth-order valence-electron chi connectivity index (χ4n) is 2.98. The third kappa shape index (κ3) is 3.96. The van der Waals surface area contributed by atoms with Crippen molar-refractivity contribution < 1.29 is 26.7 Å². The zero-order chi connectivity index (χ0) is 23.2. The van der Waals surface area contributed by atoms with E-state index in [4.69, 9.17) is 0 Å². The second-order valence-corrected chi connectivity index (χ2v) is 7.66. The molecule has 0 aliphatic carbocycles. The summed E-state index contributed by atoms with van der Waals surface area (Å²) in [6.07, 6.45) is -4.69. The van der Waals surface area contributed by atoms with Crippen LogP contribution in [0, 0.1) is 18.6 Å². The molecule has 4 aromatic rings. The number of para-hydroxylation sites is 1. The van der Waals surface area contributed by atoms with Crippen LogP contribution in [-0.4, -0.2) is 20.7 Å². The number of hydrogen-bond acceptors (Lipinski definition) is 5. The van der Waals surface area contributed by atoms with Gasteiger partial charge in [0.15, 0.2) is 22.5 Å². The molecule has 32 heavy (non-hydrogen) atoms. The topological polar surface area (TPSA) is 76.9 Å². The fraction of sp³-hybridized carbons (Fsp3) is 0.100. The van der Waals surface area contributed by atoms with Gasteiger partial charge in [0.25, 0.3) is 5.91 Å². The highest BCUT2D eigenvalue weighted by Gasteiger charge is 2.34. The molecule has 1 N–H and O–H groups in total. The van der Waals surface area contributed by atoms with Gasteiger partial charge in [-0.2, -0.15) is 18.3 Å². The zero-order valence-electron chi connectivity index (χ0n) is 16.0. The van der Waals surface area contributed by atoms with E-state index in [0.717, 1.165) is 46.4 Å². The smallest absolute Gasteiger partial charge is 0.296 e. The van der Waals surface area contributed by atoms with E-state index in [0.29, 0.717) is 0 Å². The first-order valence-corrected chi connectivity index (χ1v) is 9.71. The number of nitrogens with zero attached hydrogens (tertiary/aromatic N) is 3.